The maximum Gasteiger partial charge on any atom is 0.317 e. The number of aromatic nitrogens is 1. The Morgan fingerprint density at radius 3 is 3.00 bits per heavy atom. The number of carbonyl (C=O) groups excluding carboxylic acids is 2. The molecule has 2 heterocycles. The van der Waals surface area contributed by atoms with Gasteiger partial charge in [0, 0.05) is 30.1 Å². The van der Waals surface area contributed by atoms with Crippen molar-refractivity contribution >= 4 is 28.9 Å². The van der Waals surface area contributed by atoms with E-state index in [2.05, 4.69) is 4.98 Å². The zero-order valence-corrected chi connectivity index (χ0v) is 13.1. The Morgan fingerprint density at radius 2 is 2.32 bits per heavy atom. The van der Waals surface area contributed by atoms with Crippen LogP contribution in [0.4, 0.5) is 5.69 Å². The minimum atomic E-state index is -0.352. The van der Waals surface area contributed by atoms with Gasteiger partial charge in [-0.15, -0.1) is 11.3 Å². The average molecular weight is 316 g/mol. The summed E-state index contributed by atoms with van der Waals surface area (Å²) in [4.78, 5) is 29.7. The Kier molecular flexibility index (Phi) is 4.20. The predicted octanol–water partition coefficient (Wildman–Crippen LogP) is 2.73. The first-order valence-corrected chi connectivity index (χ1v) is 8.02. The van der Waals surface area contributed by atoms with Gasteiger partial charge in [-0.3, -0.25) is 9.59 Å². The zero-order valence-electron chi connectivity index (χ0n) is 12.2. The second-order valence-electron chi connectivity index (χ2n) is 5.15. The number of ether oxygens (including phenoxy) is 1. The number of hydrogen-bond donors (Lipinski definition) is 0. The number of nitrogens with zero attached hydrogens (tertiary/aromatic N) is 2. The van der Waals surface area contributed by atoms with Crippen LogP contribution in [0.15, 0.2) is 29.6 Å². The lowest BCUT2D eigenvalue weighted by molar-refractivity contribution is -0.133. The number of rotatable bonds is 4. The fraction of sp³-hybridized carbons (Fsp3) is 0.312. The molecule has 3 rings (SSSR count). The van der Waals surface area contributed by atoms with E-state index in [1.54, 1.807) is 23.1 Å². The molecule has 1 aliphatic rings. The number of benzene rings is 1. The van der Waals surface area contributed by atoms with Gasteiger partial charge in [-0.2, -0.15) is 0 Å². The van der Waals surface area contributed by atoms with Gasteiger partial charge in [-0.05, 0) is 25.5 Å². The van der Waals surface area contributed by atoms with Crippen molar-refractivity contribution in [3.63, 3.8) is 0 Å². The summed E-state index contributed by atoms with van der Waals surface area (Å²) in [6.07, 6.45) is 1.59. The van der Waals surface area contributed by atoms with Crippen molar-refractivity contribution in [2.24, 2.45) is 0 Å². The molecule has 0 aliphatic carbocycles. The van der Waals surface area contributed by atoms with Crippen LogP contribution in [0.1, 0.15) is 23.5 Å². The van der Waals surface area contributed by atoms with E-state index in [9.17, 15) is 9.59 Å². The lowest BCUT2D eigenvalue weighted by atomic mass is 10.2. The van der Waals surface area contributed by atoms with E-state index in [0.717, 1.165) is 22.8 Å². The van der Waals surface area contributed by atoms with Gasteiger partial charge in [0.25, 0.3) is 0 Å². The van der Waals surface area contributed by atoms with E-state index in [1.165, 1.54) is 11.3 Å². The number of anilines is 1. The fourth-order valence-electron chi connectivity index (χ4n) is 2.44. The molecule has 2 aromatic rings. The Labute approximate surface area is 132 Å². The van der Waals surface area contributed by atoms with E-state index in [-0.39, 0.29) is 18.3 Å². The molecular weight excluding hydrogens is 300 g/mol. The van der Waals surface area contributed by atoms with Crippen molar-refractivity contribution in [1.29, 1.82) is 0 Å². The zero-order chi connectivity index (χ0) is 15.5. The molecule has 1 aromatic heterocycles. The molecule has 0 bridgehead atoms. The van der Waals surface area contributed by atoms with Gasteiger partial charge < -0.3 is 9.64 Å². The van der Waals surface area contributed by atoms with E-state index in [1.807, 2.05) is 18.4 Å². The van der Waals surface area contributed by atoms with Gasteiger partial charge >= 0.3 is 5.97 Å². The van der Waals surface area contributed by atoms with E-state index in [4.69, 9.17) is 4.74 Å². The van der Waals surface area contributed by atoms with Crippen molar-refractivity contribution < 1.29 is 14.3 Å². The van der Waals surface area contributed by atoms with E-state index in [0.29, 0.717) is 18.7 Å². The molecular formula is C16H16N2O3S. The highest BCUT2D eigenvalue weighted by atomic mass is 32.1. The van der Waals surface area contributed by atoms with Gasteiger partial charge in [-0.25, -0.2) is 4.98 Å². The summed E-state index contributed by atoms with van der Waals surface area (Å²) in [6, 6.07) is 7.09. The Morgan fingerprint density at radius 1 is 1.45 bits per heavy atom. The van der Waals surface area contributed by atoms with E-state index < -0.39 is 0 Å². The van der Waals surface area contributed by atoms with Crippen molar-refractivity contribution in [3.05, 3.63) is 40.3 Å². The topological polar surface area (TPSA) is 59.5 Å². The van der Waals surface area contributed by atoms with Crippen LogP contribution in [0.25, 0.3) is 0 Å². The second-order valence-corrected chi connectivity index (χ2v) is 6.22. The summed E-state index contributed by atoms with van der Waals surface area (Å²) >= 11 is 1.51. The molecule has 1 fully saturated rings. The highest BCUT2D eigenvalue weighted by Crippen LogP contribution is 2.25. The van der Waals surface area contributed by atoms with Gasteiger partial charge in [0.05, 0.1) is 17.1 Å². The average Bonchev–Trinajstić information content (AvgIpc) is 3.07. The molecule has 6 heteroatoms. The van der Waals surface area contributed by atoms with Crippen LogP contribution in [0.5, 0.6) is 5.75 Å². The highest BCUT2D eigenvalue weighted by Gasteiger charge is 2.22. The van der Waals surface area contributed by atoms with Crippen LogP contribution in [0.3, 0.4) is 0 Å². The molecule has 0 atom stereocenters. The molecule has 0 radical (unpaired) electrons. The molecule has 0 saturated carbocycles. The third-order valence-corrected chi connectivity index (χ3v) is 4.25. The molecule has 5 nitrogen and oxygen atoms in total. The smallest absolute Gasteiger partial charge is 0.317 e. The highest BCUT2D eigenvalue weighted by molar-refractivity contribution is 7.09. The quantitative estimate of drug-likeness (QED) is 0.643. The van der Waals surface area contributed by atoms with Crippen LogP contribution < -0.4 is 9.64 Å². The monoisotopic (exact) mass is 316 g/mol. The van der Waals surface area contributed by atoms with Crippen LogP contribution in [-0.4, -0.2) is 23.4 Å². The van der Waals surface area contributed by atoms with Gasteiger partial charge in [0.2, 0.25) is 5.91 Å². The minimum Gasteiger partial charge on any atom is -0.426 e. The predicted molar refractivity (Wildman–Crippen MR) is 84.2 cm³/mol. The first-order valence-electron chi connectivity index (χ1n) is 7.14. The Hall–Kier alpha value is -2.21. The molecule has 114 valence electrons. The molecule has 0 spiro atoms. The maximum atomic E-state index is 11.9. The summed E-state index contributed by atoms with van der Waals surface area (Å²) in [7, 11) is 0. The standard InChI is InChI=1S/C16H16N2O3S/c1-11-17-12(10-22-11)8-16(20)21-14-5-2-4-13(9-14)18-7-3-6-15(18)19/h2,4-5,9-10H,3,6-8H2,1H3. The van der Waals surface area contributed by atoms with Crippen LogP contribution in [0, 0.1) is 6.92 Å². The van der Waals surface area contributed by atoms with Gasteiger partial charge in [-0.1, -0.05) is 6.07 Å². The molecule has 1 saturated heterocycles. The molecule has 0 N–H and O–H groups in total. The summed E-state index contributed by atoms with van der Waals surface area (Å²) in [5.41, 5.74) is 1.50. The summed E-state index contributed by atoms with van der Waals surface area (Å²) < 4.78 is 5.35. The van der Waals surface area contributed by atoms with Crippen molar-refractivity contribution in [1.82, 2.24) is 4.98 Å². The van der Waals surface area contributed by atoms with Crippen LogP contribution >= 0.6 is 11.3 Å². The fourth-order valence-corrected chi connectivity index (χ4v) is 3.05. The number of hydrogen-bond acceptors (Lipinski definition) is 5. The number of amides is 1. The molecule has 1 amide bonds. The third-order valence-electron chi connectivity index (χ3n) is 3.43. The number of carbonyl (C=O) groups is 2. The number of thiazole rings is 1. The van der Waals surface area contributed by atoms with Crippen LogP contribution in [0.2, 0.25) is 0 Å². The van der Waals surface area contributed by atoms with Gasteiger partial charge in [0.1, 0.15) is 5.75 Å². The Bertz CT molecular complexity index is 711. The summed E-state index contributed by atoms with van der Waals surface area (Å²) in [5.74, 6) is 0.214. The summed E-state index contributed by atoms with van der Waals surface area (Å²) in [5, 5.41) is 2.79. The SMILES string of the molecule is Cc1nc(CC(=O)Oc2cccc(N3CCCC3=O)c2)cs1. The van der Waals surface area contributed by atoms with E-state index >= 15 is 0 Å². The van der Waals surface area contributed by atoms with Crippen molar-refractivity contribution in [3.8, 4) is 5.75 Å². The van der Waals surface area contributed by atoms with Crippen LogP contribution in [-0.2, 0) is 16.0 Å². The first-order chi connectivity index (χ1) is 10.6. The summed E-state index contributed by atoms with van der Waals surface area (Å²) in [6.45, 7) is 2.62. The molecule has 22 heavy (non-hydrogen) atoms. The molecule has 1 aliphatic heterocycles. The van der Waals surface area contributed by atoms with Crippen molar-refractivity contribution in [2.45, 2.75) is 26.2 Å². The van der Waals surface area contributed by atoms with Crippen molar-refractivity contribution in [2.75, 3.05) is 11.4 Å². The number of esters is 1. The normalized spacial score (nSPS) is 14.4. The first kappa shape index (κ1) is 14.7. The van der Waals surface area contributed by atoms with Gasteiger partial charge in [0.15, 0.2) is 0 Å². The Balaban J connectivity index is 1.67. The number of aryl methyl sites for hydroxylation is 1. The lowest BCUT2D eigenvalue weighted by Crippen LogP contribution is -2.23. The lowest BCUT2D eigenvalue weighted by Gasteiger charge is -2.16. The third kappa shape index (κ3) is 3.33. The second kappa shape index (κ2) is 6.27. The molecule has 0 unspecified atom stereocenters. The molecule has 1 aromatic carbocycles. The maximum absolute atomic E-state index is 11.9. The largest absolute Gasteiger partial charge is 0.426 e. The minimum absolute atomic E-state index is 0.112.